The number of nitrogens with one attached hydrogen (secondary N) is 1. The van der Waals surface area contributed by atoms with E-state index in [0.717, 1.165) is 106 Å². The van der Waals surface area contributed by atoms with Crippen molar-refractivity contribution in [2.75, 3.05) is 0 Å². The minimum atomic E-state index is 0.771. The summed E-state index contributed by atoms with van der Waals surface area (Å²) >= 11 is 0. The summed E-state index contributed by atoms with van der Waals surface area (Å²) in [7, 11) is 0. The second-order valence-electron chi connectivity index (χ2n) is 15.4. The minimum absolute atomic E-state index is 0.771. The van der Waals surface area contributed by atoms with E-state index in [9.17, 15) is 0 Å². The number of hydrogen-bond donors (Lipinski definition) is 1. The highest BCUT2D eigenvalue weighted by molar-refractivity contribution is 6.30. The number of aliphatic imine (C=N–C) groups is 1. The summed E-state index contributed by atoms with van der Waals surface area (Å²) in [6.45, 7) is 8.52. The molecule has 11 rings (SSSR count). The fraction of sp³-hybridized carbons (Fsp3) is 0.0769. The third kappa shape index (κ3) is 5.23. The van der Waals surface area contributed by atoms with Gasteiger partial charge in [0.05, 0.1) is 40.2 Å². The second kappa shape index (κ2) is 12.7. The quantitative estimate of drug-likeness (QED) is 0.188. The molecule has 0 aliphatic carbocycles. The van der Waals surface area contributed by atoms with Gasteiger partial charge in [-0.3, -0.25) is 4.40 Å². The van der Waals surface area contributed by atoms with Gasteiger partial charge in [-0.05, 0) is 98.5 Å². The molecule has 0 saturated carbocycles. The Morgan fingerprint density at radius 1 is 0.491 bits per heavy atom. The fourth-order valence-corrected chi connectivity index (χ4v) is 8.66. The molecule has 0 radical (unpaired) electrons. The van der Waals surface area contributed by atoms with Crippen LogP contribution in [0.15, 0.2) is 178 Å². The highest BCUT2D eigenvalue weighted by Gasteiger charge is 2.34. The van der Waals surface area contributed by atoms with Crippen LogP contribution >= 0.6 is 0 Å². The molecule has 4 aromatic carbocycles. The molecule has 1 N–H and O–H groups in total. The molecule has 272 valence electrons. The van der Waals surface area contributed by atoms with Crippen LogP contribution in [-0.4, -0.2) is 15.1 Å². The predicted molar refractivity (Wildman–Crippen MR) is 230 cm³/mol. The van der Waals surface area contributed by atoms with Crippen LogP contribution in [0, 0.1) is 27.7 Å². The lowest BCUT2D eigenvalue weighted by atomic mass is 9.91. The molecule has 5 nitrogen and oxygen atoms in total. The minimum Gasteiger partial charge on any atom is -0.464 e. The summed E-state index contributed by atoms with van der Waals surface area (Å²) in [5.74, 6) is 0.771. The first kappa shape index (κ1) is 33.1. The Balaban J connectivity index is 1.36. The maximum Gasteiger partial charge on any atom is 0.147 e. The molecule has 0 atom stereocenters. The van der Waals surface area contributed by atoms with Crippen molar-refractivity contribution in [3.8, 4) is 11.1 Å². The van der Waals surface area contributed by atoms with Crippen LogP contribution in [0.4, 0.5) is 0 Å². The van der Waals surface area contributed by atoms with Crippen molar-refractivity contribution in [1.29, 1.82) is 0 Å². The summed E-state index contributed by atoms with van der Waals surface area (Å²) in [4.78, 5) is 15.2. The van der Waals surface area contributed by atoms with Gasteiger partial charge in [0.1, 0.15) is 11.2 Å². The van der Waals surface area contributed by atoms with Crippen LogP contribution in [0.25, 0.3) is 38.9 Å². The number of aromatic amines is 1. The molecular formula is C52H38N4O. The van der Waals surface area contributed by atoms with E-state index >= 15 is 0 Å². The number of benzene rings is 4. The van der Waals surface area contributed by atoms with E-state index in [1.807, 2.05) is 6.07 Å². The monoisotopic (exact) mass is 734 g/mol. The van der Waals surface area contributed by atoms with Crippen molar-refractivity contribution in [3.05, 3.63) is 235 Å². The lowest BCUT2D eigenvalue weighted by molar-refractivity contribution is 0.553. The summed E-state index contributed by atoms with van der Waals surface area (Å²) in [5, 5.41) is 1.94. The molecule has 5 heteroatoms. The van der Waals surface area contributed by atoms with Crippen molar-refractivity contribution < 1.29 is 4.42 Å². The normalized spacial score (nSPS) is 14.6. The molecule has 3 aliphatic heterocycles. The van der Waals surface area contributed by atoms with E-state index in [2.05, 4.69) is 177 Å². The van der Waals surface area contributed by atoms with Crippen LogP contribution in [0.3, 0.4) is 0 Å². The average Bonchev–Trinajstić information content (AvgIpc) is 4.08. The van der Waals surface area contributed by atoms with Crippen LogP contribution in [-0.2, 0) is 0 Å². The molecule has 8 aromatic rings. The van der Waals surface area contributed by atoms with Crippen LogP contribution in [0.5, 0.6) is 0 Å². The predicted octanol–water partition coefficient (Wildman–Crippen LogP) is 9.75. The first-order valence-corrected chi connectivity index (χ1v) is 19.5. The molecule has 57 heavy (non-hydrogen) atoms. The number of nitrogens with zero attached hydrogens (tertiary/aromatic N) is 3. The summed E-state index contributed by atoms with van der Waals surface area (Å²) in [6.07, 6.45) is 6.10. The maximum atomic E-state index is 6.38. The van der Waals surface area contributed by atoms with Gasteiger partial charge in [-0.15, -0.1) is 0 Å². The second-order valence-corrected chi connectivity index (χ2v) is 15.4. The molecule has 7 heterocycles. The zero-order valence-electron chi connectivity index (χ0n) is 32.2. The highest BCUT2D eigenvalue weighted by Crippen LogP contribution is 2.44. The molecule has 0 unspecified atom stereocenters. The fourth-order valence-electron chi connectivity index (χ4n) is 8.66. The number of aryl methyl sites for hydroxylation is 4. The Bertz CT molecular complexity index is 3250. The van der Waals surface area contributed by atoms with Crippen LogP contribution in [0.2, 0.25) is 0 Å². The SMILES string of the molecule is Cc1ccc(C2=C3C=CC(=N3)C(c3ccc(C)cc3)=c3ccc([nH]3)=C(c3ccc(C)cc3)C3=C(c4ccco4)c4c(-c5ccc(C)cc5)c5ccc2n5c4=N3)cc1. The zero-order chi connectivity index (χ0) is 38.4. The van der Waals surface area contributed by atoms with Crippen molar-refractivity contribution >= 4 is 33.5 Å². The Hall–Kier alpha value is -7.24. The third-order valence-corrected chi connectivity index (χ3v) is 11.5. The Labute approximate surface area is 330 Å². The summed E-state index contributed by atoms with van der Waals surface area (Å²) in [6, 6.07) is 48.0. The molecule has 0 amide bonds. The Morgan fingerprint density at radius 3 is 1.65 bits per heavy atom. The molecule has 3 aliphatic rings. The van der Waals surface area contributed by atoms with E-state index in [-0.39, 0.29) is 0 Å². The number of hydrogen-bond acceptors (Lipinski definition) is 3. The number of aromatic nitrogens is 2. The number of fused-ring (bicyclic) bond motifs is 4. The number of allylic oxidation sites excluding steroid dienone is 3. The number of rotatable bonds is 5. The van der Waals surface area contributed by atoms with Gasteiger partial charge in [-0.2, -0.15) is 0 Å². The van der Waals surface area contributed by atoms with E-state index in [1.165, 1.54) is 22.3 Å². The lowest BCUT2D eigenvalue weighted by Crippen LogP contribution is -2.20. The van der Waals surface area contributed by atoms with Crippen LogP contribution < -0.4 is 16.2 Å². The van der Waals surface area contributed by atoms with Gasteiger partial charge >= 0.3 is 0 Å². The number of furan rings is 1. The summed E-state index contributed by atoms with van der Waals surface area (Å²) in [5.41, 5.74) is 21.1. The van der Waals surface area contributed by atoms with Gasteiger partial charge in [-0.1, -0.05) is 119 Å². The maximum absolute atomic E-state index is 6.38. The van der Waals surface area contributed by atoms with Crippen molar-refractivity contribution in [3.63, 3.8) is 0 Å². The van der Waals surface area contributed by atoms with E-state index in [1.54, 1.807) is 6.26 Å². The number of H-pyrrole nitrogens is 1. The van der Waals surface area contributed by atoms with Gasteiger partial charge in [0, 0.05) is 38.5 Å². The van der Waals surface area contributed by atoms with Crippen LogP contribution in [0.1, 0.15) is 56.0 Å². The van der Waals surface area contributed by atoms with Gasteiger partial charge < -0.3 is 9.40 Å². The van der Waals surface area contributed by atoms with Gasteiger partial charge in [0.2, 0.25) is 0 Å². The molecule has 4 aromatic heterocycles. The smallest absolute Gasteiger partial charge is 0.147 e. The largest absolute Gasteiger partial charge is 0.464 e. The Kier molecular flexibility index (Phi) is 7.35. The van der Waals surface area contributed by atoms with Crippen molar-refractivity contribution in [1.82, 2.24) is 9.38 Å². The third-order valence-electron chi connectivity index (χ3n) is 11.5. The zero-order valence-corrected chi connectivity index (χ0v) is 32.2. The van der Waals surface area contributed by atoms with Crippen molar-refractivity contribution in [2.24, 2.45) is 9.98 Å². The van der Waals surface area contributed by atoms with E-state index in [0.29, 0.717) is 0 Å². The van der Waals surface area contributed by atoms with Crippen molar-refractivity contribution in [2.45, 2.75) is 27.7 Å². The standard InChI is InChI=1S/C52H38N4O/c1-30-7-15-34(16-8-30)45-38-23-25-40(53-38)46(35-17-9-31(2)10-18-35)42-27-28-43-48(37-21-13-33(4)14-22-37)50-49(44-6-5-29-57-44)51(55-52(50)56(42)43)47(41-26-24-39(45)54-41)36-19-11-32(3)12-20-36/h5-29,54H,1-4H3. The molecule has 6 bridgehead atoms. The summed E-state index contributed by atoms with van der Waals surface area (Å²) < 4.78 is 8.73. The van der Waals surface area contributed by atoms with Gasteiger partial charge in [0.15, 0.2) is 0 Å². The topological polar surface area (TPSA) is 58.1 Å². The molecule has 0 fully saturated rings. The van der Waals surface area contributed by atoms with Gasteiger partial charge in [0.25, 0.3) is 0 Å². The van der Waals surface area contributed by atoms with E-state index in [4.69, 9.17) is 14.4 Å². The average molecular weight is 735 g/mol. The van der Waals surface area contributed by atoms with E-state index < -0.39 is 0 Å². The molecular weight excluding hydrogens is 697 g/mol. The lowest BCUT2D eigenvalue weighted by Gasteiger charge is -2.13. The first-order chi connectivity index (χ1) is 27.9. The Morgan fingerprint density at radius 2 is 1.05 bits per heavy atom. The van der Waals surface area contributed by atoms with Gasteiger partial charge in [-0.25, -0.2) is 9.98 Å². The molecule has 0 spiro atoms. The molecule has 0 saturated heterocycles. The first-order valence-electron chi connectivity index (χ1n) is 19.5. The highest BCUT2D eigenvalue weighted by atomic mass is 16.3.